The molecular formula is C23H26FN3O4. The number of halogens is 1. The summed E-state index contributed by atoms with van der Waals surface area (Å²) in [6.45, 7) is 0.906. The molecule has 2 aromatic carbocycles. The molecule has 2 aromatic rings. The van der Waals surface area contributed by atoms with Gasteiger partial charge in [0, 0.05) is 25.6 Å². The topological polar surface area (TPSA) is 71.1 Å². The van der Waals surface area contributed by atoms with E-state index in [9.17, 15) is 14.0 Å². The standard InChI is InChI=1S/C23H26FN3O4/c1-30-18-7-8-21(31-2)19(12-18)25-23(29)27-14-17(24)11-20(27)22(28)26-10-9-15-5-3-4-6-16(15)13-26/h3-8,12,17,20H,9-11,13-14H2,1-2H3,(H,25,29)/t17-,20-/m0/s1. The Morgan fingerprint density at radius 1 is 1.10 bits per heavy atom. The first-order valence-electron chi connectivity index (χ1n) is 10.3. The Balaban J connectivity index is 1.50. The molecule has 1 fully saturated rings. The van der Waals surface area contributed by atoms with Gasteiger partial charge in [0.1, 0.15) is 23.7 Å². The van der Waals surface area contributed by atoms with Gasteiger partial charge in [-0.25, -0.2) is 9.18 Å². The van der Waals surface area contributed by atoms with E-state index in [0.717, 1.165) is 12.0 Å². The zero-order chi connectivity index (χ0) is 22.0. The van der Waals surface area contributed by atoms with Crippen molar-refractivity contribution in [3.8, 4) is 11.5 Å². The largest absolute Gasteiger partial charge is 0.497 e. The Labute approximate surface area is 180 Å². The van der Waals surface area contributed by atoms with Crippen LogP contribution in [-0.2, 0) is 17.8 Å². The van der Waals surface area contributed by atoms with E-state index in [-0.39, 0.29) is 18.9 Å². The number of rotatable bonds is 4. The minimum atomic E-state index is -1.25. The predicted molar refractivity (Wildman–Crippen MR) is 114 cm³/mol. The number of hydrogen-bond donors (Lipinski definition) is 1. The van der Waals surface area contributed by atoms with Gasteiger partial charge >= 0.3 is 6.03 Å². The summed E-state index contributed by atoms with van der Waals surface area (Å²) in [5, 5.41) is 2.75. The van der Waals surface area contributed by atoms with Crippen molar-refractivity contribution in [2.45, 2.75) is 31.6 Å². The van der Waals surface area contributed by atoms with E-state index in [2.05, 4.69) is 11.4 Å². The van der Waals surface area contributed by atoms with Crippen LogP contribution >= 0.6 is 0 Å². The van der Waals surface area contributed by atoms with E-state index in [1.54, 1.807) is 23.1 Å². The highest BCUT2D eigenvalue weighted by Crippen LogP contribution is 2.31. The lowest BCUT2D eigenvalue weighted by atomic mass is 9.99. The normalized spacial score (nSPS) is 20.2. The van der Waals surface area contributed by atoms with Crippen LogP contribution in [0.5, 0.6) is 11.5 Å². The monoisotopic (exact) mass is 427 g/mol. The average molecular weight is 427 g/mol. The average Bonchev–Trinajstić information content (AvgIpc) is 3.20. The van der Waals surface area contributed by atoms with Crippen molar-refractivity contribution >= 4 is 17.6 Å². The maximum atomic E-state index is 14.3. The molecule has 0 spiro atoms. The number of hydrogen-bond acceptors (Lipinski definition) is 4. The molecule has 0 bridgehead atoms. The van der Waals surface area contributed by atoms with Gasteiger partial charge in [-0.2, -0.15) is 0 Å². The minimum absolute atomic E-state index is 0.000351. The van der Waals surface area contributed by atoms with Crippen molar-refractivity contribution in [2.24, 2.45) is 0 Å². The van der Waals surface area contributed by atoms with Crippen LogP contribution in [0, 0.1) is 0 Å². The molecule has 2 aliphatic heterocycles. The van der Waals surface area contributed by atoms with Gasteiger partial charge in [0.25, 0.3) is 0 Å². The molecule has 0 aliphatic carbocycles. The van der Waals surface area contributed by atoms with E-state index in [4.69, 9.17) is 9.47 Å². The molecule has 2 atom stereocenters. The first-order chi connectivity index (χ1) is 15.0. The Morgan fingerprint density at radius 2 is 1.87 bits per heavy atom. The first-order valence-corrected chi connectivity index (χ1v) is 10.3. The molecule has 8 heteroatoms. The van der Waals surface area contributed by atoms with Gasteiger partial charge in [-0.15, -0.1) is 0 Å². The van der Waals surface area contributed by atoms with E-state index >= 15 is 0 Å². The fourth-order valence-electron chi connectivity index (χ4n) is 4.24. The Morgan fingerprint density at radius 3 is 2.61 bits per heavy atom. The molecule has 1 saturated heterocycles. The Kier molecular flexibility index (Phi) is 5.97. The quantitative estimate of drug-likeness (QED) is 0.813. The summed E-state index contributed by atoms with van der Waals surface area (Å²) in [5.74, 6) is 0.767. The molecule has 4 rings (SSSR count). The van der Waals surface area contributed by atoms with Crippen molar-refractivity contribution in [3.05, 3.63) is 53.6 Å². The second kappa shape index (κ2) is 8.83. The highest BCUT2D eigenvalue weighted by molar-refractivity contribution is 5.95. The number of amides is 3. The van der Waals surface area contributed by atoms with Gasteiger partial charge in [-0.1, -0.05) is 24.3 Å². The number of nitrogens with zero attached hydrogens (tertiary/aromatic N) is 2. The number of methoxy groups -OCH3 is 2. The lowest BCUT2D eigenvalue weighted by Gasteiger charge is -2.33. The van der Waals surface area contributed by atoms with Crippen LogP contribution in [0.1, 0.15) is 17.5 Å². The van der Waals surface area contributed by atoms with Crippen LogP contribution in [0.3, 0.4) is 0 Å². The van der Waals surface area contributed by atoms with Crippen LogP contribution in [0.2, 0.25) is 0 Å². The van der Waals surface area contributed by atoms with Crippen molar-refractivity contribution in [2.75, 3.05) is 32.6 Å². The highest BCUT2D eigenvalue weighted by Gasteiger charge is 2.42. The SMILES string of the molecule is COc1ccc(OC)c(NC(=O)N2C[C@@H](F)C[C@H]2C(=O)N2CCc3ccccc3C2)c1. The van der Waals surface area contributed by atoms with Gasteiger partial charge < -0.3 is 24.6 Å². The zero-order valence-corrected chi connectivity index (χ0v) is 17.6. The van der Waals surface area contributed by atoms with Crippen molar-refractivity contribution in [1.82, 2.24) is 9.80 Å². The molecule has 0 radical (unpaired) electrons. The Hall–Kier alpha value is -3.29. The van der Waals surface area contributed by atoms with Crippen molar-refractivity contribution < 1.29 is 23.5 Å². The third-order valence-corrected chi connectivity index (χ3v) is 5.89. The molecule has 2 aliphatic rings. The van der Waals surface area contributed by atoms with Crippen LogP contribution in [0.25, 0.3) is 0 Å². The molecule has 164 valence electrons. The third-order valence-electron chi connectivity index (χ3n) is 5.89. The molecule has 2 heterocycles. The summed E-state index contributed by atoms with van der Waals surface area (Å²) in [5.41, 5.74) is 2.71. The number of carbonyl (C=O) groups is 2. The molecule has 0 unspecified atom stereocenters. The fourth-order valence-corrected chi connectivity index (χ4v) is 4.24. The smallest absolute Gasteiger partial charge is 0.322 e. The maximum absolute atomic E-state index is 14.3. The highest BCUT2D eigenvalue weighted by atomic mass is 19.1. The molecule has 0 saturated carbocycles. The molecule has 0 aromatic heterocycles. The van der Waals surface area contributed by atoms with Crippen LogP contribution in [-0.4, -0.2) is 61.3 Å². The zero-order valence-electron chi connectivity index (χ0n) is 17.6. The molecular weight excluding hydrogens is 401 g/mol. The number of benzene rings is 2. The lowest BCUT2D eigenvalue weighted by molar-refractivity contribution is -0.136. The summed E-state index contributed by atoms with van der Waals surface area (Å²) < 4.78 is 24.8. The molecule has 1 N–H and O–H groups in total. The molecule has 3 amide bonds. The van der Waals surface area contributed by atoms with E-state index in [0.29, 0.717) is 30.3 Å². The first kappa shape index (κ1) is 21.0. The second-order valence-corrected chi connectivity index (χ2v) is 7.78. The van der Waals surface area contributed by atoms with E-state index < -0.39 is 18.2 Å². The summed E-state index contributed by atoms with van der Waals surface area (Å²) >= 11 is 0. The van der Waals surface area contributed by atoms with Crippen LogP contribution < -0.4 is 14.8 Å². The lowest BCUT2D eigenvalue weighted by Crippen LogP contribution is -2.50. The third kappa shape index (κ3) is 4.28. The minimum Gasteiger partial charge on any atom is -0.497 e. The van der Waals surface area contributed by atoms with Gasteiger partial charge in [0.15, 0.2) is 0 Å². The summed E-state index contributed by atoms with van der Waals surface area (Å²) in [7, 11) is 3.01. The number of carbonyl (C=O) groups excluding carboxylic acids is 2. The number of anilines is 1. The van der Waals surface area contributed by atoms with Gasteiger partial charge in [0.05, 0.1) is 26.5 Å². The maximum Gasteiger partial charge on any atom is 0.322 e. The Bertz CT molecular complexity index is 983. The molecule has 7 nitrogen and oxygen atoms in total. The summed E-state index contributed by atoms with van der Waals surface area (Å²) in [6, 6.07) is 11.6. The summed E-state index contributed by atoms with van der Waals surface area (Å²) in [6.07, 6.45) is -0.496. The van der Waals surface area contributed by atoms with Crippen LogP contribution in [0.4, 0.5) is 14.9 Å². The number of fused-ring (bicyclic) bond motifs is 1. The number of alkyl halides is 1. The number of nitrogens with one attached hydrogen (secondary N) is 1. The van der Waals surface area contributed by atoms with E-state index in [1.807, 2.05) is 18.2 Å². The summed E-state index contributed by atoms with van der Waals surface area (Å²) in [4.78, 5) is 29.2. The van der Waals surface area contributed by atoms with Gasteiger partial charge in [-0.3, -0.25) is 4.79 Å². The number of likely N-dealkylation sites (tertiary alicyclic amines) is 1. The van der Waals surface area contributed by atoms with Gasteiger partial charge in [-0.05, 0) is 29.7 Å². The number of urea groups is 1. The van der Waals surface area contributed by atoms with E-state index in [1.165, 1.54) is 24.7 Å². The fraction of sp³-hybridized carbons (Fsp3) is 0.391. The number of ether oxygens (including phenoxy) is 2. The van der Waals surface area contributed by atoms with Crippen molar-refractivity contribution in [3.63, 3.8) is 0 Å². The van der Waals surface area contributed by atoms with Crippen molar-refractivity contribution in [1.29, 1.82) is 0 Å². The van der Waals surface area contributed by atoms with Gasteiger partial charge in [0.2, 0.25) is 5.91 Å². The second-order valence-electron chi connectivity index (χ2n) is 7.78. The van der Waals surface area contributed by atoms with Crippen LogP contribution in [0.15, 0.2) is 42.5 Å². The predicted octanol–water partition coefficient (Wildman–Crippen LogP) is 3.23. The molecule has 31 heavy (non-hydrogen) atoms.